The molecule has 2 aliphatic heterocycles. The maximum absolute atomic E-state index is 13.0. The van der Waals surface area contributed by atoms with E-state index in [2.05, 4.69) is 15.4 Å². The second-order valence-electron chi connectivity index (χ2n) is 8.23. The summed E-state index contributed by atoms with van der Waals surface area (Å²) in [7, 11) is 0. The summed E-state index contributed by atoms with van der Waals surface area (Å²) in [6.45, 7) is 4.51. The fourth-order valence-electron chi connectivity index (χ4n) is 3.87. The molecule has 3 heterocycles. The van der Waals surface area contributed by atoms with Gasteiger partial charge in [-0.05, 0) is 31.0 Å². The molecule has 34 heavy (non-hydrogen) atoms. The minimum absolute atomic E-state index is 0.0260. The molecule has 3 amide bonds. The van der Waals surface area contributed by atoms with Gasteiger partial charge in [0.25, 0.3) is 0 Å². The second kappa shape index (κ2) is 9.41. The van der Waals surface area contributed by atoms with E-state index in [1.165, 1.54) is 11.1 Å². The highest BCUT2D eigenvalue weighted by Crippen LogP contribution is 2.28. The minimum atomic E-state index is -4.53. The first-order chi connectivity index (χ1) is 16.1. The van der Waals surface area contributed by atoms with Gasteiger partial charge in [-0.3, -0.25) is 9.78 Å². The number of pyridine rings is 1. The van der Waals surface area contributed by atoms with Crippen LogP contribution in [0.2, 0.25) is 0 Å². The van der Waals surface area contributed by atoms with Crippen molar-refractivity contribution in [2.75, 3.05) is 26.3 Å². The zero-order chi connectivity index (χ0) is 24.5. The fraction of sp³-hybridized carbons (Fsp3) is 0.391. The van der Waals surface area contributed by atoms with E-state index in [9.17, 15) is 22.8 Å². The van der Waals surface area contributed by atoms with Gasteiger partial charge in [0, 0.05) is 12.7 Å². The Morgan fingerprint density at radius 2 is 1.94 bits per heavy atom. The van der Waals surface area contributed by atoms with Crippen LogP contribution in [-0.4, -0.2) is 64.9 Å². The Hall–Kier alpha value is -3.47. The van der Waals surface area contributed by atoms with Crippen LogP contribution in [0.25, 0.3) is 0 Å². The summed E-state index contributed by atoms with van der Waals surface area (Å²) in [6.07, 6.45) is -3.44. The SMILES string of the molecule is Cc1ccc(C2=NN(C(=O)NC(C)c3ccc(C(F)(F)F)nc3)C[C@@H]2N2CCOCC2=O)cc1. The van der Waals surface area contributed by atoms with Gasteiger partial charge in [-0.25, -0.2) is 9.80 Å². The third-order valence-electron chi connectivity index (χ3n) is 5.79. The Kier molecular flexibility index (Phi) is 6.56. The van der Waals surface area contributed by atoms with Crippen molar-refractivity contribution in [1.29, 1.82) is 0 Å². The summed E-state index contributed by atoms with van der Waals surface area (Å²) in [6, 6.07) is 8.23. The number of amides is 3. The van der Waals surface area contributed by atoms with Crippen molar-refractivity contribution in [3.05, 3.63) is 65.0 Å². The summed E-state index contributed by atoms with van der Waals surface area (Å²) in [5.74, 6) is -0.178. The van der Waals surface area contributed by atoms with Crippen LogP contribution in [0, 0.1) is 6.92 Å². The van der Waals surface area contributed by atoms with E-state index in [0.29, 0.717) is 24.4 Å². The molecule has 0 spiro atoms. The predicted octanol–water partition coefficient (Wildman–Crippen LogP) is 3.13. The van der Waals surface area contributed by atoms with Gasteiger partial charge in [-0.2, -0.15) is 18.3 Å². The third kappa shape index (κ3) is 5.04. The fourth-order valence-corrected chi connectivity index (χ4v) is 3.87. The van der Waals surface area contributed by atoms with Gasteiger partial charge >= 0.3 is 12.2 Å². The number of carbonyl (C=O) groups is 2. The minimum Gasteiger partial charge on any atom is -0.370 e. The quantitative estimate of drug-likeness (QED) is 0.736. The molecule has 1 saturated heterocycles. The third-order valence-corrected chi connectivity index (χ3v) is 5.79. The van der Waals surface area contributed by atoms with Crippen LogP contribution in [0.15, 0.2) is 47.7 Å². The highest BCUT2D eigenvalue weighted by molar-refractivity contribution is 6.08. The van der Waals surface area contributed by atoms with Crippen LogP contribution in [0.3, 0.4) is 0 Å². The molecule has 0 bridgehead atoms. The number of hydrogen-bond acceptors (Lipinski definition) is 5. The highest BCUT2D eigenvalue weighted by atomic mass is 19.4. The molecule has 1 aromatic carbocycles. The average Bonchev–Trinajstić information content (AvgIpc) is 3.25. The number of urea groups is 1. The zero-order valence-corrected chi connectivity index (χ0v) is 18.7. The van der Waals surface area contributed by atoms with Crippen LogP contribution < -0.4 is 5.32 Å². The van der Waals surface area contributed by atoms with Gasteiger partial charge < -0.3 is 15.0 Å². The van der Waals surface area contributed by atoms with E-state index in [1.54, 1.807) is 11.8 Å². The normalized spacial score (nSPS) is 19.7. The summed E-state index contributed by atoms with van der Waals surface area (Å²) in [5, 5.41) is 8.50. The molecule has 0 saturated carbocycles. The van der Waals surface area contributed by atoms with Crippen LogP contribution in [0.5, 0.6) is 0 Å². The number of carbonyl (C=O) groups excluding carboxylic acids is 2. The number of morpholine rings is 1. The van der Waals surface area contributed by atoms with E-state index >= 15 is 0 Å². The van der Waals surface area contributed by atoms with E-state index < -0.39 is 30.0 Å². The molecule has 2 aromatic rings. The topological polar surface area (TPSA) is 87.1 Å². The van der Waals surface area contributed by atoms with Gasteiger partial charge in [0.05, 0.1) is 30.9 Å². The molecule has 2 atom stereocenters. The van der Waals surface area contributed by atoms with Crippen molar-refractivity contribution in [3.8, 4) is 0 Å². The lowest BCUT2D eigenvalue weighted by atomic mass is 10.0. The van der Waals surface area contributed by atoms with Crippen molar-refractivity contribution in [2.24, 2.45) is 5.10 Å². The lowest BCUT2D eigenvalue weighted by molar-refractivity contribution is -0.144. The number of aromatic nitrogens is 1. The lowest BCUT2D eigenvalue weighted by Crippen LogP contribution is -2.52. The lowest BCUT2D eigenvalue weighted by Gasteiger charge is -2.33. The van der Waals surface area contributed by atoms with Crippen molar-refractivity contribution in [3.63, 3.8) is 0 Å². The number of nitrogens with zero attached hydrogens (tertiary/aromatic N) is 4. The van der Waals surface area contributed by atoms with E-state index in [0.717, 1.165) is 23.4 Å². The molecule has 0 radical (unpaired) electrons. The maximum Gasteiger partial charge on any atom is 0.433 e. The summed E-state index contributed by atoms with van der Waals surface area (Å²) >= 11 is 0. The molecule has 4 rings (SSSR count). The Balaban J connectivity index is 1.52. The monoisotopic (exact) mass is 475 g/mol. The maximum atomic E-state index is 13.0. The molecule has 180 valence electrons. The number of hydrogen-bond donors (Lipinski definition) is 1. The number of halogens is 3. The standard InChI is InChI=1S/C23H24F3N5O3/c1-14-3-5-16(6-4-14)21-18(30-9-10-34-13-20(30)32)12-31(29-21)22(33)28-15(2)17-7-8-19(27-11-17)23(24,25)26/h3-8,11,15,18H,9-10,12-13H2,1-2H3,(H,28,33)/t15?,18-/m0/s1. The number of ether oxygens (including phenoxy) is 1. The van der Waals surface area contributed by atoms with Gasteiger partial charge in [-0.15, -0.1) is 0 Å². The van der Waals surface area contributed by atoms with Crippen LogP contribution >= 0.6 is 0 Å². The average molecular weight is 475 g/mol. The molecule has 1 unspecified atom stereocenters. The molecule has 2 aliphatic rings. The number of hydrazone groups is 1. The summed E-state index contributed by atoms with van der Waals surface area (Å²) < 4.78 is 43.5. The van der Waals surface area contributed by atoms with E-state index in [-0.39, 0.29) is 19.1 Å². The molecule has 1 aromatic heterocycles. The van der Waals surface area contributed by atoms with Gasteiger partial charge in [-0.1, -0.05) is 35.9 Å². The molecule has 1 fully saturated rings. The summed E-state index contributed by atoms with van der Waals surface area (Å²) in [4.78, 5) is 30.6. The van der Waals surface area contributed by atoms with Crippen LogP contribution in [0.4, 0.5) is 18.0 Å². The van der Waals surface area contributed by atoms with Crippen molar-refractivity contribution in [2.45, 2.75) is 32.1 Å². The van der Waals surface area contributed by atoms with Crippen LogP contribution in [-0.2, 0) is 15.7 Å². The second-order valence-corrected chi connectivity index (χ2v) is 8.23. The molecular formula is C23H24F3N5O3. The largest absolute Gasteiger partial charge is 0.433 e. The smallest absolute Gasteiger partial charge is 0.370 e. The number of alkyl halides is 3. The molecule has 8 nitrogen and oxygen atoms in total. The van der Waals surface area contributed by atoms with Gasteiger partial charge in [0.2, 0.25) is 5.91 Å². The van der Waals surface area contributed by atoms with Gasteiger partial charge in [0.1, 0.15) is 12.3 Å². The highest BCUT2D eigenvalue weighted by Gasteiger charge is 2.38. The molecule has 1 N–H and O–H groups in total. The first-order valence-electron chi connectivity index (χ1n) is 10.8. The number of aryl methyl sites for hydroxylation is 1. The predicted molar refractivity (Wildman–Crippen MR) is 117 cm³/mol. The van der Waals surface area contributed by atoms with Crippen LogP contribution in [0.1, 0.15) is 35.3 Å². The van der Waals surface area contributed by atoms with Crippen molar-refractivity contribution in [1.82, 2.24) is 20.2 Å². The Labute approximate surface area is 194 Å². The Morgan fingerprint density at radius 1 is 1.21 bits per heavy atom. The van der Waals surface area contributed by atoms with Crippen molar-refractivity contribution < 1.29 is 27.5 Å². The number of rotatable bonds is 4. The zero-order valence-electron chi connectivity index (χ0n) is 18.7. The Morgan fingerprint density at radius 3 is 2.56 bits per heavy atom. The molecule has 11 heteroatoms. The Bertz CT molecular complexity index is 1090. The van der Waals surface area contributed by atoms with E-state index in [1.807, 2.05) is 31.2 Å². The molecular weight excluding hydrogens is 451 g/mol. The number of benzene rings is 1. The first kappa shape index (κ1) is 23.7. The van der Waals surface area contributed by atoms with E-state index in [4.69, 9.17) is 4.74 Å². The van der Waals surface area contributed by atoms with Crippen molar-refractivity contribution >= 4 is 17.6 Å². The van der Waals surface area contributed by atoms with Gasteiger partial charge in [0.15, 0.2) is 0 Å². The summed E-state index contributed by atoms with van der Waals surface area (Å²) in [5.41, 5.74) is 1.87. The number of nitrogens with one attached hydrogen (secondary N) is 1. The molecule has 0 aliphatic carbocycles. The first-order valence-corrected chi connectivity index (χ1v) is 10.8.